The molecule has 1 aliphatic rings. The molecule has 1 unspecified atom stereocenters. The van der Waals surface area contributed by atoms with Gasteiger partial charge < -0.3 is 0 Å². The molecule has 0 aliphatic carbocycles. The second-order valence-electron chi connectivity index (χ2n) is 5.97. The third kappa shape index (κ3) is 3.24. The summed E-state index contributed by atoms with van der Waals surface area (Å²) in [5, 5.41) is 0. The van der Waals surface area contributed by atoms with Gasteiger partial charge in [0.2, 0.25) is 0 Å². The van der Waals surface area contributed by atoms with E-state index in [9.17, 15) is 4.79 Å². The topological polar surface area (TPSA) is 20.3 Å². The number of aryl methyl sites for hydroxylation is 3. The number of carbonyl (C=O) groups excluding carboxylic acids is 1. The summed E-state index contributed by atoms with van der Waals surface area (Å²) in [5.41, 5.74) is 4.49. The third-order valence-corrected chi connectivity index (χ3v) is 4.46. The summed E-state index contributed by atoms with van der Waals surface area (Å²) in [7, 11) is 0. The molecular weight excluding hydrogens is 234 g/mol. The molecule has 0 bridgehead atoms. The number of hydrogen-bond acceptors (Lipinski definition) is 2. The van der Waals surface area contributed by atoms with Crippen molar-refractivity contribution in [1.29, 1.82) is 0 Å². The number of benzene rings is 1. The molecule has 2 heteroatoms. The standard InChI is InChI=1S/C17H25NO/c1-5-15-6-7-18(10-15)11-17(19)16-9-13(3)12(2)8-14(16)4/h8-9,15H,5-7,10-11H2,1-4H3. The maximum atomic E-state index is 12.4. The Morgan fingerprint density at radius 1 is 1.21 bits per heavy atom. The number of nitrogens with zero attached hydrogens (tertiary/aromatic N) is 1. The summed E-state index contributed by atoms with van der Waals surface area (Å²) in [6.07, 6.45) is 2.48. The lowest BCUT2D eigenvalue weighted by atomic mass is 9.98. The van der Waals surface area contributed by atoms with E-state index in [4.69, 9.17) is 0 Å². The molecule has 19 heavy (non-hydrogen) atoms. The van der Waals surface area contributed by atoms with Crippen molar-refractivity contribution in [2.45, 2.75) is 40.5 Å². The summed E-state index contributed by atoms with van der Waals surface area (Å²) in [5.74, 6) is 1.06. The van der Waals surface area contributed by atoms with E-state index in [1.807, 2.05) is 6.92 Å². The van der Waals surface area contributed by atoms with E-state index in [2.05, 4.69) is 37.8 Å². The largest absolute Gasteiger partial charge is 0.296 e. The first-order chi connectivity index (χ1) is 9.01. The van der Waals surface area contributed by atoms with Crippen molar-refractivity contribution in [3.63, 3.8) is 0 Å². The van der Waals surface area contributed by atoms with E-state index < -0.39 is 0 Å². The number of carbonyl (C=O) groups is 1. The fraction of sp³-hybridized carbons (Fsp3) is 0.588. The van der Waals surface area contributed by atoms with Crippen LogP contribution in [0, 0.1) is 26.7 Å². The Labute approximate surface area is 116 Å². The Balaban J connectivity index is 2.06. The summed E-state index contributed by atoms with van der Waals surface area (Å²) < 4.78 is 0. The van der Waals surface area contributed by atoms with Crippen LogP contribution in [-0.2, 0) is 0 Å². The number of hydrogen-bond donors (Lipinski definition) is 0. The van der Waals surface area contributed by atoms with Gasteiger partial charge in [-0.3, -0.25) is 9.69 Å². The molecule has 1 aromatic rings. The number of Topliss-reactive ketones (excluding diaryl/α,β-unsaturated/α-hetero) is 1. The average Bonchev–Trinajstić information content (AvgIpc) is 2.81. The van der Waals surface area contributed by atoms with Crippen LogP contribution in [0.25, 0.3) is 0 Å². The van der Waals surface area contributed by atoms with Crippen LogP contribution in [0.15, 0.2) is 12.1 Å². The van der Waals surface area contributed by atoms with Gasteiger partial charge in [0.25, 0.3) is 0 Å². The van der Waals surface area contributed by atoms with Crippen LogP contribution in [0.4, 0.5) is 0 Å². The van der Waals surface area contributed by atoms with Gasteiger partial charge in [-0.2, -0.15) is 0 Å². The van der Waals surface area contributed by atoms with Crippen LogP contribution < -0.4 is 0 Å². The Morgan fingerprint density at radius 3 is 2.53 bits per heavy atom. The number of likely N-dealkylation sites (tertiary alicyclic amines) is 1. The van der Waals surface area contributed by atoms with Crippen LogP contribution >= 0.6 is 0 Å². The van der Waals surface area contributed by atoms with Crippen LogP contribution in [0.1, 0.15) is 46.8 Å². The van der Waals surface area contributed by atoms with Crippen molar-refractivity contribution in [1.82, 2.24) is 4.90 Å². The third-order valence-electron chi connectivity index (χ3n) is 4.46. The number of rotatable bonds is 4. The van der Waals surface area contributed by atoms with Crippen molar-refractivity contribution < 1.29 is 4.79 Å². The van der Waals surface area contributed by atoms with Crippen molar-refractivity contribution in [3.05, 3.63) is 34.4 Å². The molecule has 2 nitrogen and oxygen atoms in total. The predicted molar refractivity (Wildman–Crippen MR) is 79.8 cm³/mol. The van der Waals surface area contributed by atoms with E-state index in [0.29, 0.717) is 6.54 Å². The van der Waals surface area contributed by atoms with Crippen LogP contribution in [-0.4, -0.2) is 30.3 Å². The normalized spacial score (nSPS) is 19.9. The lowest BCUT2D eigenvalue weighted by molar-refractivity contribution is 0.0942. The molecular formula is C17H25NO. The van der Waals surface area contributed by atoms with Gasteiger partial charge in [0.05, 0.1) is 6.54 Å². The maximum Gasteiger partial charge on any atom is 0.177 e. The van der Waals surface area contributed by atoms with Crippen LogP contribution in [0.2, 0.25) is 0 Å². The van der Waals surface area contributed by atoms with Gasteiger partial charge in [-0.1, -0.05) is 19.4 Å². The van der Waals surface area contributed by atoms with Gasteiger partial charge in [0, 0.05) is 12.1 Å². The van der Waals surface area contributed by atoms with Gasteiger partial charge >= 0.3 is 0 Å². The first kappa shape index (κ1) is 14.3. The highest BCUT2D eigenvalue weighted by Crippen LogP contribution is 2.21. The van der Waals surface area contributed by atoms with E-state index in [0.717, 1.165) is 30.1 Å². The first-order valence-electron chi connectivity index (χ1n) is 7.34. The van der Waals surface area contributed by atoms with E-state index >= 15 is 0 Å². The summed E-state index contributed by atoms with van der Waals surface area (Å²) in [6.45, 7) is 11.2. The van der Waals surface area contributed by atoms with Crippen molar-refractivity contribution >= 4 is 5.78 Å². The average molecular weight is 259 g/mol. The number of ketones is 1. The van der Waals surface area contributed by atoms with Crippen LogP contribution in [0.5, 0.6) is 0 Å². The zero-order chi connectivity index (χ0) is 14.0. The Morgan fingerprint density at radius 2 is 1.89 bits per heavy atom. The van der Waals surface area contributed by atoms with Gasteiger partial charge in [0.15, 0.2) is 5.78 Å². The zero-order valence-electron chi connectivity index (χ0n) is 12.6. The van der Waals surface area contributed by atoms with Crippen molar-refractivity contribution in [3.8, 4) is 0 Å². The van der Waals surface area contributed by atoms with Gasteiger partial charge in [-0.15, -0.1) is 0 Å². The van der Waals surface area contributed by atoms with Gasteiger partial charge in [-0.05, 0) is 62.4 Å². The quantitative estimate of drug-likeness (QED) is 0.771. The second kappa shape index (κ2) is 5.87. The molecule has 1 aromatic carbocycles. The molecule has 0 N–H and O–H groups in total. The highest BCUT2D eigenvalue weighted by atomic mass is 16.1. The zero-order valence-corrected chi connectivity index (χ0v) is 12.6. The van der Waals surface area contributed by atoms with Gasteiger partial charge in [0.1, 0.15) is 0 Å². The van der Waals surface area contributed by atoms with E-state index in [1.54, 1.807) is 0 Å². The summed E-state index contributed by atoms with van der Waals surface area (Å²) >= 11 is 0. The second-order valence-corrected chi connectivity index (χ2v) is 5.97. The Hall–Kier alpha value is -1.15. The predicted octanol–water partition coefficient (Wildman–Crippen LogP) is 3.53. The monoisotopic (exact) mass is 259 g/mol. The fourth-order valence-electron chi connectivity index (χ4n) is 2.94. The Kier molecular flexibility index (Phi) is 4.41. The SMILES string of the molecule is CCC1CCN(CC(=O)c2cc(C)c(C)cc2C)C1. The molecule has 1 aliphatic heterocycles. The molecule has 1 saturated heterocycles. The molecule has 104 valence electrons. The van der Waals surface area contributed by atoms with Crippen LogP contribution in [0.3, 0.4) is 0 Å². The highest BCUT2D eigenvalue weighted by Gasteiger charge is 2.23. The molecule has 2 rings (SSSR count). The summed E-state index contributed by atoms with van der Waals surface area (Å²) in [6, 6.07) is 4.18. The molecule has 0 saturated carbocycles. The molecule has 0 radical (unpaired) electrons. The molecule has 0 amide bonds. The lowest BCUT2D eigenvalue weighted by Crippen LogP contribution is -2.28. The first-order valence-corrected chi connectivity index (χ1v) is 7.34. The smallest absolute Gasteiger partial charge is 0.177 e. The molecule has 1 heterocycles. The minimum atomic E-state index is 0.275. The molecule has 0 aromatic heterocycles. The van der Waals surface area contributed by atoms with E-state index in [1.165, 1.54) is 24.0 Å². The maximum absolute atomic E-state index is 12.4. The minimum Gasteiger partial charge on any atom is -0.296 e. The molecule has 1 atom stereocenters. The van der Waals surface area contributed by atoms with Gasteiger partial charge in [-0.25, -0.2) is 0 Å². The lowest BCUT2D eigenvalue weighted by Gasteiger charge is -2.16. The molecule has 0 spiro atoms. The Bertz CT molecular complexity index is 478. The minimum absolute atomic E-state index is 0.275. The highest BCUT2D eigenvalue weighted by molar-refractivity contribution is 5.99. The van der Waals surface area contributed by atoms with Crippen molar-refractivity contribution in [2.75, 3.05) is 19.6 Å². The van der Waals surface area contributed by atoms with Crippen molar-refractivity contribution in [2.24, 2.45) is 5.92 Å². The summed E-state index contributed by atoms with van der Waals surface area (Å²) in [4.78, 5) is 14.7. The fourth-order valence-corrected chi connectivity index (χ4v) is 2.94. The van der Waals surface area contributed by atoms with E-state index in [-0.39, 0.29) is 5.78 Å². The molecule has 1 fully saturated rings.